The van der Waals surface area contributed by atoms with Crippen molar-refractivity contribution in [2.45, 2.75) is 89.1 Å². The highest BCUT2D eigenvalue weighted by atomic mass is 16.4. The zero-order chi connectivity index (χ0) is 13.5. The quantitative estimate of drug-likeness (QED) is 0.801. The molecule has 0 aromatic heterocycles. The van der Waals surface area contributed by atoms with Crippen LogP contribution in [0, 0.1) is 5.92 Å². The second-order valence-electron chi connectivity index (χ2n) is 6.41. The lowest BCUT2D eigenvalue weighted by Gasteiger charge is -2.33. The Morgan fingerprint density at radius 1 is 0.789 bits per heavy atom. The molecule has 2 unspecified atom stereocenters. The first-order chi connectivity index (χ1) is 9.27. The SMILES string of the molecule is O=C(O)C1CCCCCC(C2CCCCCCC2)N1. The van der Waals surface area contributed by atoms with Crippen LogP contribution < -0.4 is 5.32 Å². The average molecular weight is 267 g/mol. The summed E-state index contributed by atoms with van der Waals surface area (Å²) in [6.45, 7) is 0. The van der Waals surface area contributed by atoms with Gasteiger partial charge in [-0.2, -0.15) is 0 Å². The van der Waals surface area contributed by atoms with E-state index < -0.39 is 5.97 Å². The van der Waals surface area contributed by atoms with Gasteiger partial charge in [-0.05, 0) is 31.6 Å². The summed E-state index contributed by atoms with van der Waals surface area (Å²) in [6.07, 6.45) is 14.9. The van der Waals surface area contributed by atoms with Gasteiger partial charge in [0, 0.05) is 6.04 Å². The Morgan fingerprint density at radius 2 is 1.32 bits per heavy atom. The number of carboxylic acids is 1. The fraction of sp³-hybridized carbons (Fsp3) is 0.938. The van der Waals surface area contributed by atoms with Crippen molar-refractivity contribution in [2.24, 2.45) is 5.92 Å². The highest BCUT2D eigenvalue weighted by Gasteiger charge is 2.28. The highest BCUT2D eigenvalue weighted by molar-refractivity contribution is 5.73. The summed E-state index contributed by atoms with van der Waals surface area (Å²) in [5.41, 5.74) is 0. The standard InChI is InChI=1S/C16H29NO2/c18-16(19)15-12-8-4-7-11-14(17-15)13-9-5-2-1-3-6-10-13/h13-15,17H,1-12H2,(H,18,19). The fourth-order valence-corrected chi connectivity index (χ4v) is 3.77. The number of carbonyl (C=O) groups is 1. The zero-order valence-electron chi connectivity index (χ0n) is 12.1. The van der Waals surface area contributed by atoms with Crippen LogP contribution in [0.4, 0.5) is 0 Å². The van der Waals surface area contributed by atoms with Crippen LogP contribution >= 0.6 is 0 Å². The lowest BCUT2D eigenvalue weighted by molar-refractivity contribution is -0.140. The van der Waals surface area contributed by atoms with Gasteiger partial charge in [0.1, 0.15) is 6.04 Å². The Balaban J connectivity index is 1.94. The van der Waals surface area contributed by atoms with Crippen LogP contribution in [0.25, 0.3) is 0 Å². The Bertz CT molecular complexity index is 272. The molecule has 0 aromatic rings. The highest BCUT2D eigenvalue weighted by Crippen LogP contribution is 2.28. The van der Waals surface area contributed by atoms with Crippen molar-refractivity contribution in [2.75, 3.05) is 0 Å². The van der Waals surface area contributed by atoms with E-state index in [1.54, 1.807) is 0 Å². The van der Waals surface area contributed by atoms with Crippen LogP contribution in [0.3, 0.4) is 0 Å². The van der Waals surface area contributed by atoms with Crippen molar-refractivity contribution in [3.8, 4) is 0 Å². The topological polar surface area (TPSA) is 49.3 Å². The van der Waals surface area contributed by atoms with Gasteiger partial charge in [0.2, 0.25) is 0 Å². The van der Waals surface area contributed by atoms with Crippen LogP contribution in [0.5, 0.6) is 0 Å². The van der Waals surface area contributed by atoms with Crippen molar-refractivity contribution >= 4 is 5.97 Å². The van der Waals surface area contributed by atoms with E-state index in [0.717, 1.165) is 12.8 Å². The largest absolute Gasteiger partial charge is 0.480 e. The normalized spacial score (nSPS) is 31.8. The smallest absolute Gasteiger partial charge is 0.320 e. The van der Waals surface area contributed by atoms with Gasteiger partial charge in [-0.25, -0.2) is 0 Å². The van der Waals surface area contributed by atoms with Gasteiger partial charge in [0.15, 0.2) is 0 Å². The Morgan fingerprint density at radius 3 is 2.00 bits per heavy atom. The Hall–Kier alpha value is -0.570. The van der Waals surface area contributed by atoms with E-state index in [2.05, 4.69) is 5.32 Å². The van der Waals surface area contributed by atoms with Crippen LogP contribution in [0.2, 0.25) is 0 Å². The van der Waals surface area contributed by atoms with Crippen molar-refractivity contribution in [3.05, 3.63) is 0 Å². The van der Waals surface area contributed by atoms with Crippen molar-refractivity contribution in [3.63, 3.8) is 0 Å². The van der Waals surface area contributed by atoms with Crippen LogP contribution in [0.1, 0.15) is 77.0 Å². The first-order valence-electron chi connectivity index (χ1n) is 8.26. The molecular formula is C16H29NO2. The van der Waals surface area contributed by atoms with E-state index in [0.29, 0.717) is 12.0 Å². The molecule has 0 amide bonds. The molecule has 1 aliphatic carbocycles. The maximum Gasteiger partial charge on any atom is 0.320 e. The Labute approximate surface area is 117 Å². The average Bonchev–Trinajstić information content (AvgIpc) is 2.29. The van der Waals surface area contributed by atoms with Crippen molar-refractivity contribution in [1.29, 1.82) is 0 Å². The lowest BCUT2D eigenvalue weighted by atomic mass is 9.82. The number of hydrogen-bond donors (Lipinski definition) is 2. The molecule has 0 spiro atoms. The van der Waals surface area contributed by atoms with Gasteiger partial charge in [-0.15, -0.1) is 0 Å². The summed E-state index contributed by atoms with van der Waals surface area (Å²) in [4.78, 5) is 11.3. The summed E-state index contributed by atoms with van der Waals surface area (Å²) >= 11 is 0. The molecule has 110 valence electrons. The molecule has 1 saturated heterocycles. The fourth-order valence-electron chi connectivity index (χ4n) is 3.77. The molecule has 0 radical (unpaired) electrons. The van der Waals surface area contributed by atoms with Gasteiger partial charge in [-0.3, -0.25) is 4.79 Å². The second kappa shape index (κ2) is 7.88. The summed E-state index contributed by atoms with van der Waals surface area (Å²) in [6, 6.07) is 0.134. The zero-order valence-corrected chi connectivity index (χ0v) is 12.1. The minimum Gasteiger partial charge on any atom is -0.480 e. The number of hydrogen-bond acceptors (Lipinski definition) is 2. The molecule has 2 atom stereocenters. The number of rotatable bonds is 2. The Kier molecular flexibility index (Phi) is 6.15. The molecule has 2 fully saturated rings. The van der Waals surface area contributed by atoms with Crippen molar-refractivity contribution in [1.82, 2.24) is 5.32 Å². The third-order valence-electron chi connectivity index (χ3n) is 4.94. The van der Waals surface area contributed by atoms with E-state index in [1.807, 2.05) is 0 Å². The molecular weight excluding hydrogens is 238 g/mol. The monoisotopic (exact) mass is 267 g/mol. The van der Waals surface area contributed by atoms with Gasteiger partial charge >= 0.3 is 5.97 Å². The van der Waals surface area contributed by atoms with E-state index in [4.69, 9.17) is 0 Å². The molecule has 2 rings (SSSR count). The molecule has 2 aliphatic rings. The lowest BCUT2D eigenvalue weighted by Crippen LogP contribution is -2.47. The van der Waals surface area contributed by atoms with Crippen molar-refractivity contribution < 1.29 is 9.90 Å². The number of carboxylic acid groups (broad SMARTS) is 1. The van der Waals surface area contributed by atoms with Crippen LogP contribution in [0.15, 0.2) is 0 Å². The molecule has 1 aliphatic heterocycles. The van der Waals surface area contributed by atoms with Gasteiger partial charge < -0.3 is 10.4 Å². The third kappa shape index (κ3) is 4.79. The van der Waals surface area contributed by atoms with E-state index in [9.17, 15) is 9.90 Å². The van der Waals surface area contributed by atoms with Gasteiger partial charge in [0.05, 0.1) is 0 Å². The third-order valence-corrected chi connectivity index (χ3v) is 4.94. The molecule has 1 heterocycles. The van der Waals surface area contributed by atoms with E-state index >= 15 is 0 Å². The van der Waals surface area contributed by atoms with E-state index in [-0.39, 0.29) is 6.04 Å². The molecule has 0 aromatic carbocycles. The maximum absolute atomic E-state index is 11.3. The number of aliphatic carboxylic acids is 1. The molecule has 0 bridgehead atoms. The molecule has 3 heteroatoms. The van der Waals surface area contributed by atoms with Gasteiger partial charge in [-0.1, -0.05) is 51.4 Å². The molecule has 1 saturated carbocycles. The molecule has 2 N–H and O–H groups in total. The molecule has 19 heavy (non-hydrogen) atoms. The van der Waals surface area contributed by atoms with Gasteiger partial charge in [0.25, 0.3) is 0 Å². The molecule has 3 nitrogen and oxygen atoms in total. The van der Waals surface area contributed by atoms with Crippen LogP contribution in [-0.2, 0) is 4.79 Å². The number of nitrogens with one attached hydrogen (secondary N) is 1. The summed E-state index contributed by atoms with van der Waals surface area (Å²) < 4.78 is 0. The van der Waals surface area contributed by atoms with E-state index in [1.165, 1.54) is 64.2 Å². The predicted molar refractivity (Wildman–Crippen MR) is 77.2 cm³/mol. The second-order valence-corrected chi connectivity index (χ2v) is 6.41. The van der Waals surface area contributed by atoms with Crippen LogP contribution in [-0.4, -0.2) is 23.2 Å². The first kappa shape index (κ1) is 14.8. The maximum atomic E-state index is 11.3. The summed E-state index contributed by atoms with van der Waals surface area (Å²) in [5.74, 6) is 0.0537. The summed E-state index contributed by atoms with van der Waals surface area (Å²) in [7, 11) is 0. The first-order valence-corrected chi connectivity index (χ1v) is 8.26. The minimum atomic E-state index is -0.655. The minimum absolute atomic E-state index is 0.309. The summed E-state index contributed by atoms with van der Waals surface area (Å²) in [5, 5.41) is 12.8. The predicted octanol–water partition coefficient (Wildman–Crippen LogP) is 3.72.